The second-order valence-corrected chi connectivity index (χ2v) is 7.10. The summed E-state index contributed by atoms with van der Waals surface area (Å²) in [4.78, 5) is 53.5. The SMILES string of the molecule is Cn1c(=O)n(CC(=O)N[C@@H](CC(=O)O)c2ccccc2)c(=O)c2cc(N=C(N)N)ccc21. The van der Waals surface area contributed by atoms with Crippen molar-refractivity contribution in [2.75, 3.05) is 0 Å². The molecule has 3 aromatic rings. The average Bonchev–Trinajstić information content (AvgIpc) is 2.74. The normalized spacial score (nSPS) is 11.7. The van der Waals surface area contributed by atoms with E-state index in [2.05, 4.69) is 10.3 Å². The lowest BCUT2D eigenvalue weighted by Gasteiger charge is -2.18. The fraction of sp³-hybridized carbons (Fsp3) is 0.190. The van der Waals surface area contributed by atoms with Crippen LogP contribution in [0.3, 0.4) is 0 Å². The van der Waals surface area contributed by atoms with Gasteiger partial charge in [-0.2, -0.15) is 0 Å². The quantitative estimate of drug-likeness (QED) is 0.295. The first-order valence-electron chi connectivity index (χ1n) is 9.56. The molecular weight excluding hydrogens is 416 g/mol. The highest BCUT2D eigenvalue weighted by atomic mass is 16.4. The molecule has 11 nitrogen and oxygen atoms in total. The topological polar surface area (TPSA) is 175 Å². The molecule has 0 unspecified atom stereocenters. The van der Waals surface area contributed by atoms with Crippen LogP contribution < -0.4 is 28.0 Å². The molecule has 11 heteroatoms. The van der Waals surface area contributed by atoms with Gasteiger partial charge in [0.05, 0.1) is 29.1 Å². The highest BCUT2D eigenvalue weighted by Gasteiger charge is 2.20. The van der Waals surface area contributed by atoms with Crippen LogP contribution in [0.2, 0.25) is 0 Å². The molecule has 1 aromatic heterocycles. The Labute approximate surface area is 181 Å². The number of aromatic nitrogens is 2. The number of guanidine groups is 1. The molecule has 3 rings (SSSR count). The molecule has 0 fully saturated rings. The van der Waals surface area contributed by atoms with Crippen molar-refractivity contribution in [1.82, 2.24) is 14.5 Å². The second kappa shape index (κ2) is 9.16. The van der Waals surface area contributed by atoms with Crippen molar-refractivity contribution >= 4 is 34.4 Å². The summed E-state index contributed by atoms with van der Waals surface area (Å²) in [5.74, 6) is -1.98. The van der Waals surface area contributed by atoms with E-state index >= 15 is 0 Å². The van der Waals surface area contributed by atoms with Crippen LogP contribution >= 0.6 is 0 Å². The predicted octanol–water partition coefficient (Wildman–Crippen LogP) is -0.0627. The molecule has 1 atom stereocenters. The van der Waals surface area contributed by atoms with Crippen LogP contribution in [-0.2, 0) is 23.2 Å². The standard InChI is InChI=1S/C21H22N6O5/c1-26-16-8-7-13(24-20(22)23)9-14(16)19(31)27(21(26)32)11-17(28)25-15(10-18(29)30)12-5-3-2-4-6-12/h2-9,15H,10-11H2,1H3,(H,25,28)(H,29,30)(H4,22,23,24)/t15-/m0/s1. The number of rotatable bonds is 7. The number of nitrogens with zero attached hydrogens (tertiary/aromatic N) is 3. The van der Waals surface area contributed by atoms with Crippen LogP contribution in [0.5, 0.6) is 0 Å². The molecule has 0 bridgehead atoms. The third kappa shape index (κ3) is 4.83. The van der Waals surface area contributed by atoms with Gasteiger partial charge in [0.15, 0.2) is 5.96 Å². The number of nitrogens with two attached hydrogens (primary N) is 2. The lowest BCUT2D eigenvalue weighted by molar-refractivity contribution is -0.137. The van der Waals surface area contributed by atoms with E-state index in [0.717, 1.165) is 4.57 Å². The van der Waals surface area contributed by atoms with E-state index in [4.69, 9.17) is 11.5 Å². The van der Waals surface area contributed by atoms with Crippen LogP contribution in [0.25, 0.3) is 10.9 Å². The van der Waals surface area contributed by atoms with E-state index in [1.807, 2.05) is 0 Å². The summed E-state index contributed by atoms with van der Waals surface area (Å²) in [6, 6.07) is 12.2. The van der Waals surface area contributed by atoms with E-state index in [0.29, 0.717) is 16.8 Å². The van der Waals surface area contributed by atoms with Gasteiger partial charge in [0.2, 0.25) is 5.91 Å². The van der Waals surface area contributed by atoms with Crippen LogP contribution in [0.4, 0.5) is 5.69 Å². The fourth-order valence-corrected chi connectivity index (χ4v) is 3.36. The van der Waals surface area contributed by atoms with Crippen molar-refractivity contribution in [3.05, 3.63) is 74.9 Å². The largest absolute Gasteiger partial charge is 0.481 e. The maximum atomic E-state index is 13.0. The van der Waals surface area contributed by atoms with Gasteiger partial charge in [-0.15, -0.1) is 0 Å². The molecule has 0 saturated carbocycles. The number of amides is 1. The third-order valence-corrected chi connectivity index (χ3v) is 4.81. The van der Waals surface area contributed by atoms with Crippen molar-refractivity contribution in [3.8, 4) is 0 Å². The predicted molar refractivity (Wildman–Crippen MR) is 118 cm³/mol. The molecule has 0 aliphatic heterocycles. The number of benzene rings is 2. The number of hydrogen-bond donors (Lipinski definition) is 4. The summed E-state index contributed by atoms with van der Waals surface area (Å²) in [6.07, 6.45) is -0.359. The minimum atomic E-state index is -1.11. The number of hydrogen-bond acceptors (Lipinski definition) is 5. The number of aryl methyl sites for hydroxylation is 1. The van der Waals surface area contributed by atoms with Crippen molar-refractivity contribution in [2.24, 2.45) is 23.5 Å². The molecule has 2 aromatic carbocycles. The minimum absolute atomic E-state index is 0.146. The van der Waals surface area contributed by atoms with Crippen molar-refractivity contribution in [3.63, 3.8) is 0 Å². The molecule has 166 valence electrons. The second-order valence-electron chi connectivity index (χ2n) is 7.10. The molecule has 0 saturated heterocycles. The Morgan fingerprint density at radius 3 is 2.44 bits per heavy atom. The van der Waals surface area contributed by atoms with E-state index in [-0.39, 0.29) is 17.8 Å². The van der Waals surface area contributed by atoms with Crippen LogP contribution in [-0.4, -0.2) is 32.1 Å². The monoisotopic (exact) mass is 438 g/mol. The van der Waals surface area contributed by atoms with E-state index < -0.39 is 35.7 Å². The Morgan fingerprint density at radius 1 is 1.12 bits per heavy atom. The lowest BCUT2D eigenvalue weighted by atomic mass is 10.0. The average molecular weight is 438 g/mol. The summed E-state index contributed by atoms with van der Waals surface area (Å²) in [5.41, 5.74) is 10.6. The summed E-state index contributed by atoms with van der Waals surface area (Å²) < 4.78 is 2.01. The first-order chi connectivity index (χ1) is 15.2. The highest BCUT2D eigenvalue weighted by Crippen LogP contribution is 2.18. The van der Waals surface area contributed by atoms with Gasteiger partial charge in [0, 0.05) is 7.05 Å². The Hall–Kier alpha value is -4.41. The van der Waals surface area contributed by atoms with Crippen molar-refractivity contribution in [1.29, 1.82) is 0 Å². The minimum Gasteiger partial charge on any atom is -0.481 e. The van der Waals surface area contributed by atoms with Crippen LogP contribution in [0, 0.1) is 0 Å². The maximum absolute atomic E-state index is 13.0. The summed E-state index contributed by atoms with van der Waals surface area (Å²) in [5, 5.41) is 11.9. The zero-order valence-electron chi connectivity index (χ0n) is 17.2. The van der Waals surface area contributed by atoms with Gasteiger partial charge in [-0.05, 0) is 23.8 Å². The number of carboxylic acid groups (broad SMARTS) is 1. The molecule has 6 N–H and O–H groups in total. The van der Waals surface area contributed by atoms with Crippen LogP contribution in [0.15, 0.2) is 63.1 Å². The molecule has 1 heterocycles. The number of aliphatic imine (C=N–C) groups is 1. The van der Waals surface area contributed by atoms with Gasteiger partial charge >= 0.3 is 11.7 Å². The Bertz CT molecular complexity index is 1320. The number of fused-ring (bicyclic) bond motifs is 1. The number of aliphatic carboxylic acids is 1. The van der Waals surface area contributed by atoms with Gasteiger partial charge in [0.25, 0.3) is 5.56 Å². The van der Waals surface area contributed by atoms with E-state index in [1.165, 1.54) is 23.7 Å². The van der Waals surface area contributed by atoms with Crippen molar-refractivity contribution in [2.45, 2.75) is 19.0 Å². The molecular formula is C21H22N6O5. The highest BCUT2D eigenvalue weighted by molar-refractivity contribution is 5.85. The fourth-order valence-electron chi connectivity index (χ4n) is 3.36. The van der Waals surface area contributed by atoms with Gasteiger partial charge < -0.3 is 21.9 Å². The smallest absolute Gasteiger partial charge is 0.331 e. The molecule has 0 spiro atoms. The van der Waals surface area contributed by atoms with E-state index in [1.54, 1.807) is 36.4 Å². The molecule has 32 heavy (non-hydrogen) atoms. The summed E-state index contributed by atoms with van der Waals surface area (Å²) in [7, 11) is 1.47. The molecule has 0 aliphatic rings. The van der Waals surface area contributed by atoms with Crippen molar-refractivity contribution < 1.29 is 14.7 Å². The number of nitrogens with one attached hydrogen (secondary N) is 1. The van der Waals surface area contributed by atoms with Crippen LogP contribution in [0.1, 0.15) is 18.0 Å². The first-order valence-corrected chi connectivity index (χ1v) is 9.56. The van der Waals surface area contributed by atoms with Gasteiger partial charge in [-0.25, -0.2) is 9.79 Å². The summed E-state index contributed by atoms with van der Waals surface area (Å²) in [6.45, 7) is -0.586. The first kappa shape index (κ1) is 22.3. The van der Waals surface area contributed by atoms with E-state index in [9.17, 15) is 24.3 Å². The Morgan fingerprint density at radius 2 is 1.81 bits per heavy atom. The zero-order chi connectivity index (χ0) is 23.4. The number of carboxylic acids is 1. The third-order valence-electron chi connectivity index (χ3n) is 4.81. The summed E-state index contributed by atoms with van der Waals surface area (Å²) >= 11 is 0. The number of carbonyl (C=O) groups is 2. The lowest BCUT2D eigenvalue weighted by Crippen LogP contribution is -2.44. The van der Waals surface area contributed by atoms with Gasteiger partial charge in [-0.3, -0.25) is 23.5 Å². The number of carbonyl (C=O) groups excluding carboxylic acids is 1. The zero-order valence-corrected chi connectivity index (χ0v) is 17.2. The van der Waals surface area contributed by atoms with Gasteiger partial charge in [-0.1, -0.05) is 30.3 Å². The Balaban J connectivity index is 1.97. The maximum Gasteiger partial charge on any atom is 0.331 e. The van der Waals surface area contributed by atoms with Gasteiger partial charge in [0.1, 0.15) is 6.54 Å². The molecule has 1 amide bonds. The molecule has 0 radical (unpaired) electrons. The molecule has 0 aliphatic carbocycles. The Kier molecular flexibility index (Phi) is 6.38.